The van der Waals surface area contributed by atoms with E-state index in [0.29, 0.717) is 11.5 Å². The minimum Gasteiger partial charge on any atom is -0.480 e. The van der Waals surface area contributed by atoms with Gasteiger partial charge in [0.2, 0.25) is 5.88 Å². The Kier molecular flexibility index (Phi) is 4.74. The minimum atomic E-state index is -0.458. The maximum atomic E-state index is 11.8. The lowest BCUT2D eigenvalue weighted by molar-refractivity contribution is 0.0596. The molecule has 1 aliphatic heterocycles. The number of hydrogen-bond acceptors (Lipinski definition) is 6. The Bertz CT molecular complexity index is 699. The Morgan fingerprint density at radius 2 is 2.17 bits per heavy atom. The summed E-state index contributed by atoms with van der Waals surface area (Å²) >= 11 is 0. The molecule has 0 aromatic carbocycles. The van der Waals surface area contributed by atoms with Gasteiger partial charge in [0.1, 0.15) is 17.1 Å². The van der Waals surface area contributed by atoms with Gasteiger partial charge in [0.25, 0.3) is 0 Å². The molecule has 2 unspecified atom stereocenters. The van der Waals surface area contributed by atoms with Gasteiger partial charge in [-0.3, -0.25) is 0 Å². The van der Waals surface area contributed by atoms with E-state index in [2.05, 4.69) is 16.8 Å². The summed E-state index contributed by atoms with van der Waals surface area (Å²) in [4.78, 5) is 18.5. The number of anilines is 1. The van der Waals surface area contributed by atoms with Crippen LogP contribution in [0.25, 0.3) is 0 Å². The molecule has 6 nitrogen and oxygen atoms in total. The average Bonchev–Trinajstić information content (AvgIpc) is 3.15. The molecule has 0 amide bonds. The molecule has 3 rings (SSSR count). The molecule has 24 heavy (non-hydrogen) atoms. The van der Waals surface area contributed by atoms with Crippen LogP contribution in [0.2, 0.25) is 0 Å². The summed E-state index contributed by atoms with van der Waals surface area (Å²) in [6.45, 7) is 3.13. The highest BCUT2D eigenvalue weighted by atomic mass is 16.5. The second-order valence-electron chi connectivity index (χ2n) is 6.07. The highest BCUT2D eigenvalue weighted by Gasteiger charge is 2.31. The van der Waals surface area contributed by atoms with Crippen molar-refractivity contribution in [1.82, 2.24) is 4.98 Å². The van der Waals surface area contributed by atoms with Crippen molar-refractivity contribution in [3.63, 3.8) is 0 Å². The van der Waals surface area contributed by atoms with Crippen LogP contribution in [0.15, 0.2) is 34.9 Å². The van der Waals surface area contributed by atoms with E-state index in [1.54, 1.807) is 12.3 Å². The van der Waals surface area contributed by atoms with E-state index in [4.69, 9.17) is 13.9 Å². The number of pyridine rings is 1. The second kappa shape index (κ2) is 6.95. The summed E-state index contributed by atoms with van der Waals surface area (Å²) in [6, 6.07) is 7.56. The van der Waals surface area contributed by atoms with Gasteiger partial charge in [-0.25, -0.2) is 4.79 Å². The molecular formula is C18H22N2O4. The van der Waals surface area contributed by atoms with Crippen molar-refractivity contribution >= 4 is 11.8 Å². The fourth-order valence-electron chi connectivity index (χ4n) is 3.18. The number of nitrogens with zero attached hydrogens (tertiary/aromatic N) is 2. The first-order valence-electron chi connectivity index (χ1n) is 8.07. The van der Waals surface area contributed by atoms with E-state index in [1.165, 1.54) is 14.2 Å². The molecule has 0 aliphatic carbocycles. The number of carbonyl (C=O) groups excluding carboxylic acids is 1. The van der Waals surface area contributed by atoms with E-state index < -0.39 is 5.97 Å². The Labute approximate surface area is 141 Å². The van der Waals surface area contributed by atoms with Gasteiger partial charge >= 0.3 is 5.97 Å². The summed E-state index contributed by atoms with van der Waals surface area (Å²) in [5.74, 6) is 2.14. The average molecular weight is 330 g/mol. The lowest BCUT2D eigenvalue weighted by atomic mass is 9.91. The molecule has 0 N–H and O–H groups in total. The number of hydrogen-bond donors (Lipinski definition) is 0. The van der Waals surface area contributed by atoms with E-state index >= 15 is 0 Å². The van der Waals surface area contributed by atoms with Crippen molar-refractivity contribution in [2.24, 2.45) is 5.92 Å². The summed E-state index contributed by atoms with van der Waals surface area (Å²) in [7, 11) is 2.84. The largest absolute Gasteiger partial charge is 0.480 e. The first-order valence-corrected chi connectivity index (χ1v) is 8.07. The van der Waals surface area contributed by atoms with Crippen LogP contribution in [0, 0.1) is 5.92 Å². The predicted molar refractivity (Wildman–Crippen MR) is 89.3 cm³/mol. The number of furan rings is 1. The summed E-state index contributed by atoms with van der Waals surface area (Å²) in [5.41, 5.74) is 0.323. The maximum Gasteiger partial charge on any atom is 0.343 e. The van der Waals surface area contributed by atoms with Gasteiger partial charge in [-0.15, -0.1) is 0 Å². The first kappa shape index (κ1) is 16.4. The molecule has 1 fully saturated rings. The van der Waals surface area contributed by atoms with Crippen LogP contribution in [0.1, 0.15) is 41.9 Å². The molecule has 0 spiro atoms. The highest BCUT2D eigenvalue weighted by molar-refractivity contribution is 5.92. The number of ether oxygens (including phenoxy) is 2. The Morgan fingerprint density at radius 1 is 1.33 bits per heavy atom. The summed E-state index contributed by atoms with van der Waals surface area (Å²) in [6.07, 6.45) is 3.78. The summed E-state index contributed by atoms with van der Waals surface area (Å²) < 4.78 is 15.7. The molecule has 128 valence electrons. The molecule has 0 saturated carbocycles. The molecule has 2 atom stereocenters. The van der Waals surface area contributed by atoms with Crippen LogP contribution >= 0.6 is 0 Å². The second-order valence-corrected chi connectivity index (χ2v) is 6.07. The van der Waals surface area contributed by atoms with E-state index in [1.807, 2.05) is 18.2 Å². The van der Waals surface area contributed by atoms with Gasteiger partial charge < -0.3 is 18.8 Å². The van der Waals surface area contributed by atoms with Crippen molar-refractivity contribution < 1.29 is 18.7 Å². The zero-order valence-electron chi connectivity index (χ0n) is 14.2. The topological polar surface area (TPSA) is 64.8 Å². The Hall–Kier alpha value is -2.50. The molecule has 3 heterocycles. The SMILES string of the molecule is COC(=O)c1ccc(N2CCC(C)CC2c2ccco2)nc1OC. The van der Waals surface area contributed by atoms with E-state index in [9.17, 15) is 4.79 Å². The number of esters is 1. The highest BCUT2D eigenvalue weighted by Crippen LogP contribution is 2.37. The Morgan fingerprint density at radius 3 is 2.83 bits per heavy atom. The van der Waals surface area contributed by atoms with Gasteiger partial charge in [-0.05, 0) is 43.0 Å². The zero-order chi connectivity index (χ0) is 17.1. The maximum absolute atomic E-state index is 11.8. The van der Waals surface area contributed by atoms with Gasteiger partial charge in [0, 0.05) is 6.54 Å². The minimum absolute atomic E-state index is 0.130. The predicted octanol–water partition coefficient (Wildman–Crippen LogP) is 3.45. The lowest BCUT2D eigenvalue weighted by Crippen LogP contribution is -2.36. The van der Waals surface area contributed by atoms with Crippen LogP contribution in [-0.2, 0) is 4.74 Å². The normalized spacial score (nSPS) is 20.7. The number of aromatic nitrogens is 1. The standard InChI is InChI=1S/C18H22N2O4/c1-12-8-9-20(14(11-12)15-5-4-10-24-15)16-7-6-13(18(21)23-3)17(19-16)22-2/h4-7,10,12,14H,8-9,11H2,1-3H3. The van der Waals surface area contributed by atoms with Crippen molar-refractivity contribution in [2.75, 3.05) is 25.7 Å². The molecule has 2 aromatic heterocycles. The van der Waals surface area contributed by atoms with Crippen LogP contribution in [0.5, 0.6) is 5.88 Å². The fourth-order valence-corrected chi connectivity index (χ4v) is 3.18. The smallest absolute Gasteiger partial charge is 0.343 e. The first-order chi connectivity index (χ1) is 11.6. The number of carbonyl (C=O) groups is 1. The molecule has 2 aromatic rings. The third-order valence-corrected chi connectivity index (χ3v) is 4.47. The van der Waals surface area contributed by atoms with Crippen LogP contribution in [0.3, 0.4) is 0 Å². The Balaban J connectivity index is 1.95. The quantitative estimate of drug-likeness (QED) is 0.800. The molecule has 0 bridgehead atoms. The van der Waals surface area contributed by atoms with E-state index in [-0.39, 0.29) is 11.9 Å². The van der Waals surface area contributed by atoms with Gasteiger partial charge in [0.05, 0.1) is 26.5 Å². The van der Waals surface area contributed by atoms with Crippen molar-refractivity contribution in [1.29, 1.82) is 0 Å². The number of piperidine rings is 1. The van der Waals surface area contributed by atoms with Gasteiger partial charge in [0.15, 0.2) is 0 Å². The molecule has 1 saturated heterocycles. The molecule has 1 aliphatic rings. The van der Waals surface area contributed by atoms with Crippen molar-refractivity contribution in [3.8, 4) is 5.88 Å². The third kappa shape index (κ3) is 3.09. The van der Waals surface area contributed by atoms with Crippen molar-refractivity contribution in [3.05, 3.63) is 41.9 Å². The zero-order valence-corrected chi connectivity index (χ0v) is 14.2. The fraction of sp³-hybridized carbons (Fsp3) is 0.444. The van der Waals surface area contributed by atoms with Gasteiger partial charge in [-0.1, -0.05) is 6.92 Å². The van der Waals surface area contributed by atoms with Crippen LogP contribution in [-0.4, -0.2) is 31.7 Å². The molecule has 6 heteroatoms. The van der Waals surface area contributed by atoms with Crippen LogP contribution < -0.4 is 9.64 Å². The molecular weight excluding hydrogens is 308 g/mol. The van der Waals surface area contributed by atoms with Crippen molar-refractivity contribution in [2.45, 2.75) is 25.8 Å². The van der Waals surface area contributed by atoms with Crippen LogP contribution in [0.4, 0.5) is 5.82 Å². The third-order valence-electron chi connectivity index (χ3n) is 4.47. The monoisotopic (exact) mass is 330 g/mol. The summed E-state index contributed by atoms with van der Waals surface area (Å²) in [5, 5.41) is 0. The molecule has 0 radical (unpaired) electrons. The van der Waals surface area contributed by atoms with Gasteiger partial charge in [-0.2, -0.15) is 4.98 Å². The lowest BCUT2D eigenvalue weighted by Gasteiger charge is -2.38. The number of methoxy groups -OCH3 is 2. The number of rotatable bonds is 4. The van der Waals surface area contributed by atoms with E-state index in [0.717, 1.165) is 31.0 Å².